The van der Waals surface area contributed by atoms with Gasteiger partial charge in [0.15, 0.2) is 0 Å². The Morgan fingerprint density at radius 1 is 1.14 bits per heavy atom. The zero-order chi connectivity index (χ0) is 26.6. The maximum atomic E-state index is 13.7. The molecule has 8 heteroatoms. The van der Waals surface area contributed by atoms with Gasteiger partial charge in [-0.1, -0.05) is 43.3 Å². The Morgan fingerprint density at radius 3 is 2.33 bits per heavy atom. The van der Waals surface area contributed by atoms with Crippen LogP contribution in [0.3, 0.4) is 0 Å². The Balaban J connectivity index is 1.91. The Morgan fingerprint density at radius 2 is 1.78 bits per heavy atom. The van der Waals surface area contributed by atoms with E-state index >= 15 is 0 Å². The molecule has 0 aliphatic heterocycles. The molecule has 4 atom stereocenters. The molecule has 1 aliphatic rings. The number of amides is 3. The average Bonchev–Trinajstić information content (AvgIpc) is 3.52. The summed E-state index contributed by atoms with van der Waals surface area (Å²) in [5.41, 5.74) is 1.42. The average molecular weight is 496 g/mol. The minimum Gasteiger partial charge on any atom is -0.508 e. The first-order chi connectivity index (χ1) is 16.9. The van der Waals surface area contributed by atoms with Crippen molar-refractivity contribution in [2.75, 3.05) is 0 Å². The lowest BCUT2D eigenvalue weighted by Crippen LogP contribution is -2.53. The quantitative estimate of drug-likeness (QED) is 0.509. The van der Waals surface area contributed by atoms with Gasteiger partial charge in [-0.3, -0.25) is 9.59 Å². The highest BCUT2D eigenvalue weighted by atomic mass is 16.6. The van der Waals surface area contributed by atoms with Crippen molar-refractivity contribution in [1.82, 2.24) is 15.5 Å². The summed E-state index contributed by atoms with van der Waals surface area (Å²) in [7, 11) is 0. The number of phenolic OH excluding ortho intramolecular Hbond substituents is 1. The van der Waals surface area contributed by atoms with E-state index in [1.807, 2.05) is 37.3 Å². The summed E-state index contributed by atoms with van der Waals surface area (Å²) in [4.78, 5) is 41.3. The van der Waals surface area contributed by atoms with Crippen LogP contribution in [0.1, 0.15) is 63.8 Å². The van der Waals surface area contributed by atoms with Crippen LogP contribution < -0.4 is 10.6 Å². The van der Waals surface area contributed by atoms with Gasteiger partial charge >= 0.3 is 6.09 Å². The second-order valence-electron chi connectivity index (χ2n) is 10.5. The van der Waals surface area contributed by atoms with Crippen molar-refractivity contribution in [3.8, 4) is 5.75 Å². The molecule has 4 unspecified atom stereocenters. The van der Waals surface area contributed by atoms with Crippen molar-refractivity contribution >= 4 is 17.9 Å². The highest BCUT2D eigenvalue weighted by Crippen LogP contribution is 2.41. The molecule has 0 spiro atoms. The van der Waals surface area contributed by atoms with Crippen LogP contribution in [0.4, 0.5) is 4.79 Å². The van der Waals surface area contributed by atoms with E-state index in [2.05, 4.69) is 10.6 Å². The van der Waals surface area contributed by atoms with Gasteiger partial charge < -0.3 is 25.4 Å². The van der Waals surface area contributed by atoms with E-state index in [1.165, 1.54) is 6.07 Å². The number of rotatable bonds is 8. The molecule has 2 aromatic carbocycles. The molecular formula is C28H37N3O5. The molecule has 1 aliphatic carbocycles. The van der Waals surface area contributed by atoms with E-state index in [9.17, 15) is 19.5 Å². The third-order valence-electron chi connectivity index (χ3n) is 6.16. The number of nitrogens with one attached hydrogen (secondary N) is 2. The maximum absolute atomic E-state index is 13.7. The molecule has 2 aromatic rings. The summed E-state index contributed by atoms with van der Waals surface area (Å²) in [6.45, 7) is 10.9. The van der Waals surface area contributed by atoms with Gasteiger partial charge in [0.1, 0.15) is 23.4 Å². The lowest BCUT2D eigenvalue weighted by Gasteiger charge is -2.34. The molecule has 0 aromatic heterocycles. The van der Waals surface area contributed by atoms with E-state index in [-0.39, 0.29) is 29.5 Å². The number of carbonyl (C=O) groups is 3. The number of aromatic hydroxyl groups is 1. The molecule has 0 bridgehead atoms. The number of hydrogen-bond acceptors (Lipinski definition) is 5. The lowest BCUT2D eigenvalue weighted by molar-refractivity contribution is -0.143. The topological polar surface area (TPSA) is 108 Å². The molecule has 0 heterocycles. The monoisotopic (exact) mass is 495 g/mol. The summed E-state index contributed by atoms with van der Waals surface area (Å²) in [5, 5.41) is 15.6. The number of benzene rings is 2. The van der Waals surface area contributed by atoms with Crippen LogP contribution in [0, 0.1) is 12.8 Å². The molecule has 3 amide bonds. The highest BCUT2D eigenvalue weighted by Gasteiger charge is 2.47. The fourth-order valence-electron chi connectivity index (χ4n) is 4.11. The fraction of sp³-hybridized carbons (Fsp3) is 0.464. The third-order valence-corrected chi connectivity index (χ3v) is 6.16. The highest BCUT2D eigenvalue weighted by molar-refractivity contribution is 5.92. The van der Waals surface area contributed by atoms with E-state index in [0.29, 0.717) is 17.7 Å². The Bertz CT molecular complexity index is 1100. The molecule has 194 valence electrons. The van der Waals surface area contributed by atoms with E-state index in [4.69, 9.17) is 4.74 Å². The first kappa shape index (κ1) is 27.0. The third kappa shape index (κ3) is 6.99. The van der Waals surface area contributed by atoms with Crippen molar-refractivity contribution in [2.45, 2.75) is 78.2 Å². The van der Waals surface area contributed by atoms with Crippen molar-refractivity contribution in [3.05, 3.63) is 65.2 Å². The summed E-state index contributed by atoms with van der Waals surface area (Å²) in [6.07, 6.45) is 0.0578. The SMILES string of the molecule is Cc1cc(C(C(=O)NCc2ccccc2)N(C(=O)C(C)NC(=O)OC(C)(C)C)C2CC2C)ccc1O. The molecule has 8 nitrogen and oxygen atoms in total. The van der Waals surface area contributed by atoms with Gasteiger partial charge in [0.2, 0.25) is 11.8 Å². The first-order valence-electron chi connectivity index (χ1n) is 12.3. The molecule has 0 saturated heterocycles. The zero-order valence-electron chi connectivity index (χ0n) is 21.9. The molecule has 0 radical (unpaired) electrons. The largest absolute Gasteiger partial charge is 0.508 e. The van der Waals surface area contributed by atoms with E-state index in [0.717, 1.165) is 12.0 Å². The fourth-order valence-corrected chi connectivity index (χ4v) is 4.11. The van der Waals surface area contributed by atoms with Crippen molar-refractivity contribution in [1.29, 1.82) is 0 Å². The molecule has 3 N–H and O–H groups in total. The number of aryl methyl sites for hydroxylation is 1. The van der Waals surface area contributed by atoms with Gasteiger partial charge in [-0.15, -0.1) is 0 Å². The Kier molecular flexibility index (Phi) is 8.28. The number of hydrogen-bond donors (Lipinski definition) is 3. The summed E-state index contributed by atoms with van der Waals surface area (Å²) in [6, 6.07) is 12.5. The van der Waals surface area contributed by atoms with Crippen molar-refractivity contribution < 1.29 is 24.2 Å². The summed E-state index contributed by atoms with van der Waals surface area (Å²) >= 11 is 0. The first-order valence-corrected chi connectivity index (χ1v) is 12.3. The second kappa shape index (κ2) is 11.0. The van der Waals surface area contributed by atoms with Crippen molar-refractivity contribution in [2.24, 2.45) is 5.92 Å². The van der Waals surface area contributed by atoms with Crippen LogP contribution >= 0.6 is 0 Å². The zero-order valence-corrected chi connectivity index (χ0v) is 21.9. The molecular weight excluding hydrogens is 458 g/mol. The van der Waals surface area contributed by atoms with Crippen LogP contribution in [0.2, 0.25) is 0 Å². The minimum absolute atomic E-state index is 0.111. The molecule has 36 heavy (non-hydrogen) atoms. The van der Waals surface area contributed by atoms with Gasteiger partial charge in [-0.25, -0.2) is 4.79 Å². The van der Waals surface area contributed by atoms with Crippen molar-refractivity contribution in [3.63, 3.8) is 0 Å². The van der Waals surface area contributed by atoms with E-state index in [1.54, 1.807) is 51.7 Å². The van der Waals surface area contributed by atoms with Crippen LogP contribution in [0.15, 0.2) is 48.5 Å². The maximum Gasteiger partial charge on any atom is 0.408 e. The predicted molar refractivity (Wildman–Crippen MR) is 137 cm³/mol. The number of alkyl carbamates (subject to hydrolysis) is 1. The second-order valence-corrected chi connectivity index (χ2v) is 10.5. The standard InChI is InChI=1S/C28H37N3O5/c1-17-15-22(17)31(26(34)19(3)30-27(35)36-28(4,5)6)24(21-12-13-23(32)18(2)14-21)25(33)29-16-20-10-8-7-9-11-20/h7-14,17,19,22,24,32H,15-16H2,1-6H3,(H,29,33)(H,30,35). The lowest BCUT2D eigenvalue weighted by atomic mass is 10.00. The van der Waals surface area contributed by atoms with Gasteiger partial charge in [-0.2, -0.15) is 0 Å². The molecule has 1 fully saturated rings. The van der Waals surface area contributed by atoms with Crippen LogP contribution in [-0.2, 0) is 20.9 Å². The minimum atomic E-state index is -0.932. The van der Waals surface area contributed by atoms with Gasteiger partial charge in [-0.05, 0) is 75.8 Å². The smallest absolute Gasteiger partial charge is 0.408 e. The number of carbonyl (C=O) groups excluding carboxylic acids is 3. The van der Waals surface area contributed by atoms with Crippen LogP contribution in [0.25, 0.3) is 0 Å². The van der Waals surface area contributed by atoms with Gasteiger partial charge in [0.05, 0.1) is 0 Å². The number of ether oxygens (including phenoxy) is 1. The predicted octanol–water partition coefficient (Wildman–Crippen LogP) is 4.21. The number of nitrogens with zero attached hydrogens (tertiary/aromatic N) is 1. The van der Waals surface area contributed by atoms with Crippen LogP contribution in [-0.4, -0.2) is 45.6 Å². The molecule has 3 rings (SSSR count). The van der Waals surface area contributed by atoms with Crippen LogP contribution in [0.5, 0.6) is 5.75 Å². The normalized spacial score (nSPS) is 18.5. The Hall–Kier alpha value is -3.55. The Labute approximate surface area is 213 Å². The molecule has 1 saturated carbocycles. The van der Waals surface area contributed by atoms with Gasteiger partial charge in [0, 0.05) is 12.6 Å². The van der Waals surface area contributed by atoms with E-state index < -0.39 is 23.8 Å². The summed E-state index contributed by atoms with van der Waals surface area (Å²) in [5.74, 6) is -0.383. The number of phenols is 1. The van der Waals surface area contributed by atoms with Gasteiger partial charge in [0.25, 0.3) is 0 Å². The summed E-state index contributed by atoms with van der Waals surface area (Å²) < 4.78 is 5.32.